The first kappa shape index (κ1) is 11.6. The second-order valence-corrected chi connectivity index (χ2v) is 4.05. The molecule has 1 heterocycles. The summed E-state index contributed by atoms with van der Waals surface area (Å²) in [6.07, 6.45) is 1.72. The Morgan fingerprint density at radius 2 is 2.35 bits per heavy atom. The van der Waals surface area contributed by atoms with E-state index in [2.05, 4.69) is 10.3 Å². The smallest absolute Gasteiger partial charge is 0.312 e. The van der Waals surface area contributed by atoms with Crippen molar-refractivity contribution in [2.24, 2.45) is 7.05 Å². The number of carboxylic acid groups (broad SMARTS) is 1. The summed E-state index contributed by atoms with van der Waals surface area (Å²) in [7, 11) is 3.66. The molecule has 0 radical (unpaired) electrons. The van der Waals surface area contributed by atoms with Gasteiger partial charge in [-0.1, -0.05) is 6.07 Å². The highest BCUT2D eigenvalue weighted by Gasteiger charge is 2.19. The summed E-state index contributed by atoms with van der Waals surface area (Å²) in [5.74, 6) is -1.36. The Morgan fingerprint density at radius 1 is 1.59 bits per heavy atom. The fourth-order valence-corrected chi connectivity index (χ4v) is 1.92. The van der Waals surface area contributed by atoms with Gasteiger partial charge >= 0.3 is 5.97 Å². The molecule has 1 atom stereocenters. The molecule has 0 aliphatic rings. The zero-order valence-electron chi connectivity index (χ0n) is 9.84. The molecule has 0 amide bonds. The van der Waals surface area contributed by atoms with E-state index >= 15 is 0 Å². The van der Waals surface area contributed by atoms with Gasteiger partial charge in [-0.25, -0.2) is 4.98 Å². The SMILES string of the molecule is CNCC(C(=O)O)c1ccc2c(c1)ncn2C. The second-order valence-electron chi connectivity index (χ2n) is 4.05. The van der Waals surface area contributed by atoms with Crippen LogP contribution in [-0.4, -0.2) is 34.2 Å². The maximum absolute atomic E-state index is 11.2. The van der Waals surface area contributed by atoms with E-state index in [1.165, 1.54) is 0 Å². The van der Waals surface area contributed by atoms with Gasteiger partial charge in [0.05, 0.1) is 23.3 Å². The predicted molar refractivity (Wildman–Crippen MR) is 65.0 cm³/mol. The van der Waals surface area contributed by atoms with Crippen LogP contribution in [0, 0.1) is 0 Å². The number of hydrogen-bond acceptors (Lipinski definition) is 3. The summed E-state index contributed by atoms with van der Waals surface area (Å²) in [5, 5.41) is 12.1. The Balaban J connectivity index is 2.43. The number of carboxylic acids is 1. The quantitative estimate of drug-likeness (QED) is 0.825. The number of hydrogen-bond donors (Lipinski definition) is 2. The molecule has 1 aromatic carbocycles. The van der Waals surface area contributed by atoms with E-state index in [1.54, 1.807) is 13.4 Å². The van der Waals surface area contributed by atoms with Crippen LogP contribution in [-0.2, 0) is 11.8 Å². The third-order valence-corrected chi connectivity index (χ3v) is 2.86. The zero-order chi connectivity index (χ0) is 12.4. The highest BCUT2D eigenvalue weighted by molar-refractivity contribution is 5.81. The molecule has 5 nitrogen and oxygen atoms in total. The van der Waals surface area contributed by atoms with Crippen molar-refractivity contribution in [2.45, 2.75) is 5.92 Å². The molecule has 1 aromatic heterocycles. The number of likely N-dealkylation sites (N-methyl/N-ethyl adjacent to an activating group) is 1. The highest BCUT2D eigenvalue weighted by atomic mass is 16.4. The first-order chi connectivity index (χ1) is 8.13. The van der Waals surface area contributed by atoms with E-state index in [-0.39, 0.29) is 0 Å². The number of carbonyl (C=O) groups is 1. The molecule has 90 valence electrons. The second kappa shape index (κ2) is 4.55. The monoisotopic (exact) mass is 233 g/mol. The number of aliphatic carboxylic acids is 1. The topological polar surface area (TPSA) is 67.2 Å². The van der Waals surface area contributed by atoms with Crippen LogP contribution in [0.2, 0.25) is 0 Å². The first-order valence-corrected chi connectivity index (χ1v) is 5.42. The minimum atomic E-state index is -0.824. The van der Waals surface area contributed by atoms with Crippen molar-refractivity contribution in [2.75, 3.05) is 13.6 Å². The number of aromatic nitrogens is 2. The first-order valence-electron chi connectivity index (χ1n) is 5.42. The summed E-state index contributed by atoms with van der Waals surface area (Å²) in [6.45, 7) is 0.410. The Morgan fingerprint density at radius 3 is 3.00 bits per heavy atom. The van der Waals surface area contributed by atoms with E-state index in [1.807, 2.05) is 29.8 Å². The van der Waals surface area contributed by atoms with Crippen molar-refractivity contribution in [3.8, 4) is 0 Å². The van der Waals surface area contributed by atoms with Gasteiger partial charge in [-0.05, 0) is 24.7 Å². The molecule has 0 aliphatic heterocycles. The van der Waals surface area contributed by atoms with Crippen LogP contribution in [0.25, 0.3) is 11.0 Å². The Bertz CT molecular complexity index is 548. The lowest BCUT2D eigenvalue weighted by molar-refractivity contribution is -0.138. The van der Waals surface area contributed by atoms with Crippen LogP contribution in [0.3, 0.4) is 0 Å². The lowest BCUT2D eigenvalue weighted by Gasteiger charge is -2.12. The van der Waals surface area contributed by atoms with Gasteiger partial charge in [-0.2, -0.15) is 0 Å². The minimum absolute atomic E-state index is 0.410. The van der Waals surface area contributed by atoms with Crippen LogP contribution in [0.1, 0.15) is 11.5 Å². The average Bonchev–Trinajstić information content (AvgIpc) is 2.67. The van der Waals surface area contributed by atoms with Crippen LogP contribution >= 0.6 is 0 Å². The number of nitrogens with one attached hydrogen (secondary N) is 1. The summed E-state index contributed by atoms with van der Waals surface area (Å²) < 4.78 is 1.91. The maximum atomic E-state index is 11.2. The van der Waals surface area contributed by atoms with Gasteiger partial charge in [-0.3, -0.25) is 4.79 Å². The van der Waals surface area contributed by atoms with Crippen molar-refractivity contribution < 1.29 is 9.90 Å². The molecule has 5 heteroatoms. The van der Waals surface area contributed by atoms with Crippen molar-refractivity contribution in [3.05, 3.63) is 30.1 Å². The van der Waals surface area contributed by atoms with Crippen LogP contribution in [0.4, 0.5) is 0 Å². The number of fused-ring (bicyclic) bond motifs is 1. The van der Waals surface area contributed by atoms with E-state index in [0.717, 1.165) is 16.6 Å². The molecule has 2 rings (SSSR count). The molecule has 0 bridgehead atoms. The molecule has 0 aliphatic carbocycles. The molecule has 0 fully saturated rings. The van der Waals surface area contributed by atoms with Gasteiger partial charge in [0.25, 0.3) is 0 Å². The number of rotatable bonds is 4. The van der Waals surface area contributed by atoms with Gasteiger partial charge in [0.15, 0.2) is 0 Å². The number of nitrogens with zero attached hydrogens (tertiary/aromatic N) is 2. The lowest BCUT2D eigenvalue weighted by atomic mass is 9.99. The third-order valence-electron chi connectivity index (χ3n) is 2.86. The molecule has 17 heavy (non-hydrogen) atoms. The third kappa shape index (κ3) is 2.14. The fraction of sp³-hybridized carbons (Fsp3) is 0.333. The van der Waals surface area contributed by atoms with E-state index in [0.29, 0.717) is 6.54 Å². The average molecular weight is 233 g/mol. The van der Waals surface area contributed by atoms with Gasteiger partial charge in [0, 0.05) is 13.6 Å². The minimum Gasteiger partial charge on any atom is -0.481 e. The normalized spacial score (nSPS) is 12.8. The maximum Gasteiger partial charge on any atom is 0.312 e. The number of aryl methyl sites for hydroxylation is 1. The Kier molecular flexibility index (Phi) is 3.10. The molecule has 2 N–H and O–H groups in total. The molecule has 0 saturated heterocycles. The summed E-state index contributed by atoms with van der Waals surface area (Å²) in [5.41, 5.74) is 2.60. The molecule has 0 saturated carbocycles. The molecular formula is C12H15N3O2. The van der Waals surface area contributed by atoms with Crippen molar-refractivity contribution in [3.63, 3.8) is 0 Å². The predicted octanol–water partition coefficient (Wildman–Crippen LogP) is 0.961. The summed E-state index contributed by atoms with van der Waals surface area (Å²) in [6, 6.07) is 5.59. The molecule has 2 aromatic rings. The lowest BCUT2D eigenvalue weighted by Crippen LogP contribution is -2.24. The highest BCUT2D eigenvalue weighted by Crippen LogP contribution is 2.20. The van der Waals surface area contributed by atoms with Gasteiger partial charge in [0.1, 0.15) is 0 Å². The standard InChI is InChI=1S/C12H15N3O2/c1-13-6-9(12(16)17)8-3-4-11-10(5-8)14-7-15(11)2/h3-5,7,9,13H,6H2,1-2H3,(H,16,17). The van der Waals surface area contributed by atoms with Gasteiger partial charge in [-0.15, -0.1) is 0 Å². The molecule has 1 unspecified atom stereocenters. The molecular weight excluding hydrogens is 218 g/mol. The Hall–Kier alpha value is -1.88. The largest absolute Gasteiger partial charge is 0.481 e. The van der Waals surface area contributed by atoms with Crippen LogP contribution in [0.5, 0.6) is 0 Å². The zero-order valence-corrected chi connectivity index (χ0v) is 9.84. The van der Waals surface area contributed by atoms with Crippen molar-refractivity contribution in [1.82, 2.24) is 14.9 Å². The van der Waals surface area contributed by atoms with E-state index < -0.39 is 11.9 Å². The Labute approximate surface area is 99.1 Å². The van der Waals surface area contributed by atoms with Crippen molar-refractivity contribution in [1.29, 1.82) is 0 Å². The van der Waals surface area contributed by atoms with E-state index in [4.69, 9.17) is 5.11 Å². The van der Waals surface area contributed by atoms with Gasteiger partial charge in [0.2, 0.25) is 0 Å². The van der Waals surface area contributed by atoms with Crippen LogP contribution < -0.4 is 5.32 Å². The summed E-state index contributed by atoms with van der Waals surface area (Å²) in [4.78, 5) is 15.4. The van der Waals surface area contributed by atoms with Crippen molar-refractivity contribution >= 4 is 17.0 Å². The van der Waals surface area contributed by atoms with Gasteiger partial charge < -0.3 is 15.0 Å². The number of benzene rings is 1. The van der Waals surface area contributed by atoms with E-state index in [9.17, 15) is 4.79 Å². The molecule has 0 spiro atoms. The van der Waals surface area contributed by atoms with Crippen LogP contribution in [0.15, 0.2) is 24.5 Å². The fourth-order valence-electron chi connectivity index (χ4n) is 1.92. The number of imidazole rings is 1. The summed E-state index contributed by atoms with van der Waals surface area (Å²) >= 11 is 0.